The molecule has 0 aromatic heterocycles. The third-order valence-electron chi connectivity index (χ3n) is 3.14. The third-order valence-corrected chi connectivity index (χ3v) is 3.91. The zero-order valence-corrected chi connectivity index (χ0v) is 13.1. The summed E-state index contributed by atoms with van der Waals surface area (Å²) in [5, 5.41) is 9.15. The van der Waals surface area contributed by atoms with Crippen LogP contribution >= 0.6 is 15.9 Å². The number of carbonyl (C=O) groups is 1. The van der Waals surface area contributed by atoms with E-state index < -0.39 is 11.8 Å². The molecule has 0 aliphatic rings. The standard InChI is InChI=1S/C16H15BrFNO2/c1-19(9-11-4-2-3-5-15(11)17)10-12-8-13(18)6-7-14(12)16(20)21/h2-8H,9-10H2,1H3,(H,20,21). The Hall–Kier alpha value is -1.72. The molecule has 0 amide bonds. The van der Waals surface area contributed by atoms with Crippen LogP contribution in [0, 0.1) is 5.82 Å². The Labute approximate surface area is 131 Å². The van der Waals surface area contributed by atoms with Crippen molar-refractivity contribution in [1.82, 2.24) is 4.90 Å². The second-order valence-electron chi connectivity index (χ2n) is 4.87. The number of carboxylic acid groups (broad SMARTS) is 1. The molecule has 2 aromatic rings. The maximum atomic E-state index is 13.3. The molecule has 0 heterocycles. The van der Waals surface area contributed by atoms with Gasteiger partial charge in [0.2, 0.25) is 0 Å². The summed E-state index contributed by atoms with van der Waals surface area (Å²) in [6.07, 6.45) is 0. The van der Waals surface area contributed by atoms with Gasteiger partial charge in [-0.2, -0.15) is 0 Å². The number of aromatic carboxylic acids is 1. The Bertz CT molecular complexity index is 660. The van der Waals surface area contributed by atoms with Crippen molar-refractivity contribution < 1.29 is 14.3 Å². The lowest BCUT2D eigenvalue weighted by Gasteiger charge is -2.19. The number of carboxylic acids is 1. The molecule has 5 heteroatoms. The van der Waals surface area contributed by atoms with Gasteiger partial charge in [-0.15, -0.1) is 0 Å². The van der Waals surface area contributed by atoms with Gasteiger partial charge in [-0.25, -0.2) is 9.18 Å². The SMILES string of the molecule is CN(Cc1ccccc1Br)Cc1cc(F)ccc1C(=O)O. The fraction of sp³-hybridized carbons (Fsp3) is 0.188. The number of benzene rings is 2. The van der Waals surface area contributed by atoms with Crippen LogP contribution in [0.15, 0.2) is 46.9 Å². The van der Waals surface area contributed by atoms with Crippen molar-refractivity contribution in [3.63, 3.8) is 0 Å². The average molecular weight is 352 g/mol. The molecule has 2 rings (SSSR count). The summed E-state index contributed by atoms with van der Waals surface area (Å²) >= 11 is 3.48. The summed E-state index contributed by atoms with van der Waals surface area (Å²) < 4.78 is 14.3. The van der Waals surface area contributed by atoms with E-state index in [1.165, 1.54) is 18.2 Å². The van der Waals surface area contributed by atoms with Gasteiger partial charge in [-0.3, -0.25) is 4.90 Å². The number of rotatable bonds is 5. The van der Waals surface area contributed by atoms with Gasteiger partial charge in [0, 0.05) is 17.6 Å². The topological polar surface area (TPSA) is 40.5 Å². The summed E-state index contributed by atoms with van der Waals surface area (Å²) in [5.41, 5.74) is 1.70. The van der Waals surface area contributed by atoms with Crippen LogP contribution in [0.5, 0.6) is 0 Å². The summed E-state index contributed by atoms with van der Waals surface area (Å²) in [6, 6.07) is 11.6. The van der Waals surface area contributed by atoms with E-state index in [-0.39, 0.29) is 5.56 Å². The van der Waals surface area contributed by atoms with Crippen molar-refractivity contribution in [2.24, 2.45) is 0 Å². The molecule has 0 saturated heterocycles. The summed E-state index contributed by atoms with van der Waals surface area (Å²) in [4.78, 5) is 13.1. The number of hydrogen-bond acceptors (Lipinski definition) is 2. The molecule has 0 saturated carbocycles. The van der Waals surface area contributed by atoms with Crippen LogP contribution in [-0.4, -0.2) is 23.0 Å². The second kappa shape index (κ2) is 6.83. The predicted octanol–water partition coefficient (Wildman–Crippen LogP) is 3.92. The Morgan fingerprint density at radius 3 is 2.52 bits per heavy atom. The van der Waals surface area contributed by atoms with E-state index >= 15 is 0 Å². The van der Waals surface area contributed by atoms with Crippen molar-refractivity contribution in [3.8, 4) is 0 Å². The third kappa shape index (κ3) is 4.12. The van der Waals surface area contributed by atoms with Crippen LogP contribution in [0.3, 0.4) is 0 Å². The normalized spacial score (nSPS) is 10.9. The molecule has 0 fully saturated rings. The number of halogens is 2. The van der Waals surface area contributed by atoms with Crippen molar-refractivity contribution in [2.75, 3.05) is 7.05 Å². The molecule has 0 bridgehead atoms. The van der Waals surface area contributed by atoms with E-state index in [2.05, 4.69) is 15.9 Å². The molecule has 2 aromatic carbocycles. The highest BCUT2D eigenvalue weighted by molar-refractivity contribution is 9.10. The summed E-state index contributed by atoms with van der Waals surface area (Å²) in [5.74, 6) is -1.47. The van der Waals surface area contributed by atoms with E-state index in [9.17, 15) is 9.18 Å². The fourth-order valence-corrected chi connectivity index (χ4v) is 2.58. The molecule has 0 spiro atoms. The summed E-state index contributed by atoms with van der Waals surface area (Å²) in [6.45, 7) is 0.998. The van der Waals surface area contributed by atoms with Gasteiger partial charge in [0.1, 0.15) is 5.82 Å². The van der Waals surface area contributed by atoms with Gasteiger partial charge in [0.15, 0.2) is 0 Å². The highest BCUT2D eigenvalue weighted by atomic mass is 79.9. The van der Waals surface area contributed by atoms with Crippen LogP contribution in [0.2, 0.25) is 0 Å². The second-order valence-corrected chi connectivity index (χ2v) is 5.72. The molecule has 0 aliphatic carbocycles. The molecule has 0 atom stereocenters. The Kier molecular flexibility index (Phi) is 5.09. The van der Waals surface area contributed by atoms with Crippen LogP contribution in [0.25, 0.3) is 0 Å². The van der Waals surface area contributed by atoms with E-state index in [0.717, 1.165) is 10.0 Å². The van der Waals surface area contributed by atoms with Crippen molar-refractivity contribution in [2.45, 2.75) is 13.1 Å². The molecule has 110 valence electrons. The van der Waals surface area contributed by atoms with Gasteiger partial charge in [-0.05, 0) is 42.4 Å². The van der Waals surface area contributed by atoms with Crippen LogP contribution in [0.4, 0.5) is 4.39 Å². The molecule has 1 N–H and O–H groups in total. The smallest absolute Gasteiger partial charge is 0.336 e. The minimum Gasteiger partial charge on any atom is -0.478 e. The zero-order chi connectivity index (χ0) is 15.4. The van der Waals surface area contributed by atoms with Gasteiger partial charge in [0.25, 0.3) is 0 Å². The Morgan fingerprint density at radius 1 is 1.19 bits per heavy atom. The Morgan fingerprint density at radius 2 is 1.86 bits per heavy atom. The largest absolute Gasteiger partial charge is 0.478 e. The molecular formula is C16H15BrFNO2. The highest BCUT2D eigenvalue weighted by Crippen LogP contribution is 2.19. The van der Waals surface area contributed by atoms with E-state index in [0.29, 0.717) is 18.7 Å². The zero-order valence-electron chi connectivity index (χ0n) is 11.5. The first kappa shape index (κ1) is 15.7. The lowest BCUT2D eigenvalue weighted by molar-refractivity contribution is 0.0694. The summed E-state index contributed by atoms with van der Waals surface area (Å²) in [7, 11) is 1.87. The lowest BCUT2D eigenvalue weighted by Crippen LogP contribution is -2.19. The van der Waals surface area contributed by atoms with Gasteiger partial charge in [-0.1, -0.05) is 34.1 Å². The number of nitrogens with zero attached hydrogens (tertiary/aromatic N) is 1. The van der Waals surface area contributed by atoms with Crippen molar-refractivity contribution in [1.29, 1.82) is 0 Å². The molecular weight excluding hydrogens is 337 g/mol. The predicted molar refractivity (Wildman–Crippen MR) is 82.7 cm³/mol. The maximum Gasteiger partial charge on any atom is 0.336 e. The van der Waals surface area contributed by atoms with Crippen LogP contribution in [0.1, 0.15) is 21.5 Å². The average Bonchev–Trinajstić information content (AvgIpc) is 2.41. The first-order valence-corrected chi connectivity index (χ1v) is 7.20. The van der Waals surface area contributed by atoms with Crippen LogP contribution in [-0.2, 0) is 13.1 Å². The van der Waals surface area contributed by atoms with E-state index in [1.54, 1.807) is 0 Å². The van der Waals surface area contributed by atoms with Gasteiger partial charge >= 0.3 is 5.97 Å². The fourth-order valence-electron chi connectivity index (χ4n) is 2.17. The first-order chi connectivity index (χ1) is 9.97. The van der Waals surface area contributed by atoms with E-state index in [4.69, 9.17) is 5.11 Å². The molecule has 0 aliphatic heterocycles. The molecule has 21 heavy (non-hydrogen) atoms. The quantitative estimate of drug-likeness (QED) is 0.887. The molecule has 0 unspecified atom stereocenters. The van der Waals surface area contributed by atoms with Gasteiger partial charge < -0.3 is 5.11 Å². The first-order valence-electron chi connectivity index (χ1n) is 6.41. The Balaban J connectivity index is 2.16. The molecule has 3 nitrogen and oxygen atoms in total. The van der Waals surface area contributed by atoms with Gasteiger partial charge in [0.05, 0.1) is 5.56 Å². The van der Waals surface area contributed by atoms with Crippen molar-refractivity contribution in [3.05, 3.63) is 69.4 Å². The minimum absolute atomic E-state index is 0.135. The maximum absolute atomic E-state index is 13.3. The lowest BCUT2D eigenvalue weighted by atomic mass is 10.1. The number of hydrogen-bond donors (Lipinski definition) is 1. The minimum atomic E-state index is -1.04. The molecule has 0 radical (unpaired) electrons. The van der Waals surface area contributed by atoms with E-state index in [1.807, 2.05) is 36.2 Å². The van der Waals surface area contributed by atoms with Crippen LogP contribution < -0.4 is 0 Å². The monoisotopic (exact) mass is 351 g/mol. The van der Waals surface area contributed by atoms with Crippen molar-refractivity contribution >= 4 is 21.9 Å². The highest BCUT2D eigenvalue weighted by Gasteiger charge is 2.13.